The Balaban J connectivity index is 2.05. The number of rotatable bonds is 3. The highest BCUT2D eigenvalue weighted by Gasteiger charge is 2.31. The number of alkyl halides is 1. The molecule has 0 spiro atoms. The molecule has 0 saturated carbocycles. The normalized spacial score (nSPS) is 22.2. The number of hydrogen-bond donors (Lipinski definition) is 1. The Kier molecular flexibility index (Phi) is 3.43. The monoisotopic (exact) mass is 255 g/mol. The van der Waals surface area contributed by atoms with Crippen molar-refractivity contribution in [1.29, 1.82) is 0 Å². The molecule has 8 nitrogen and oxygen atoms in total. The number of amidine groups is 1. The summed E-state index contributed by atoms with van der Waals surface area (Å²) in [4.78, 5) is 23.2. The van der Waals surface area contributed by atoms with Crippen molar-refractivity contribution in [3.8, 4) is 0 Å². The van der Waals surface area contributed by atoms with E-state index in [1.54, 1.807) is 12.1 Å². The van der Waals surface area contributed by atoms with Crippen LogP contribution in [0, 0.1) is 0 Å². The molecule has 0 aliphatic carbocycles. The molecule has 17 heavy (non-hydrogen) atoms. The van der Waals surface area contributed by atoms with Gasteiger partial charge in [-0.2, -0.15) is 4.99 Å². The van der Waals surface area contributed by atoms with Crippen molar-refractivity contribution in [2.24, 2.45) is 25.3 Å². The lowest BCUT2D eigenvalue weighted by atomic mass is 10.2. The fraction of sp³-hybridized carbons (Fsp3) is 0.500. The van der Waals surface area contributed by atoms with Crippen LogP contribution in [0.15, 0.2) is 25.3 Å². The van der Waals surface area contributed by atoms with Crippen LogP contribution in [0.1, 0.15) is 0 Å². The lowest BCUT2D eigenvalue weighted by molar-refractivity contribution is -0.119. The second-order valence-electron chi connectivity index (χ2n) is 3.33. The topological polar surface area (TPSA) is 94.1 Å². The van der Waals surface area contributed by atoms with E-state index >= 15 is 0 Å². The minimum absolute atomic E-state index is 0.139. The molecule has 2 heterocycles. The van der Waals surface area contributed by atoms with Gasteiger partial charge in [-0.25, -0.2) is 9.98 Å². The van der Waals surface area contributed by atoms with E-state index in [1.807, 2.05) is 0 Å². The SMILES string of the molecule is CN(CCCl)/N=N/C1=NC2C(=O)NC=NC2=N1. The number of halogens is 1. The van der Waals surface area contributed by atoms with Gasteiger partial charge in [0.2, 0.25) is 0 Å². The van der Waals surface area contributed by atoms with E-state index in [1.165, 1.54) is 6.34 Å². The van der Waals surface area contributed by atoms with Gasteiger partial charge in [-0.15, -0.1) is 11.6 Å². The molecule has 0 fully saturated rings. The predicted octanol–water partition coefficient (Wildman–Crippen LogP) is -0.181. The highest BCUT2D eigenvalue weighted by Crippen LogP contribution is 2.10. The number of carbonyl (C=O) groups excluding carboxylic acids is 1. The molecule has 1 atom stereocenters. The van der Waals surface area contributed by atoms with Gasteiger partial charge < -0.3 is 5.32 Å². The molecule has 1 amide bonds. The highest BCUT2D eigenvalue weighted by atomic mass is 35.5. The molecule has 1 unspecified atom stereocenters. The summed E-state index contributed by atoms with van der Waals surface area (Å²) in [5.74, 6) is 0.660. The van der Waals surface area contributed by atoms with Crippen molar-refractivity contribution in [3.63, 3.8) is 0 Å². The second-order valence-corrected chi connectivity index (χ2v) is 3.71. The first kappa shape index (κ1) is 11.6. The number of aliphatic imine (C=N–C) groups is 3. The molecular formula is C8H10ClN7O. The quantitative estimate of drug-likeness (QED) is 0.430. The van der Waals surface area contributed by atoms with Gasteiger partial charge in [0.05, 0.1) is 12.9 Å². The average Bonchev–Trinajstić information content (AvgIpc) is 2.71. The van der Waals surface area contributed by atoms with Crippen LogP contribution in [-0.2, 0) is 4.79 Å². The molecule has 0 radical (unpaired) electrons. The Morgan fingerprint density at radius 1 is 1.65 bits per heavy atom. The lowest BCUT2D eigenvalue weighted by Gasteiger charge is -2.09. The summed E-state index contributed by atoms with van der Waals surface area (Å²) in [6.07, 6.45) is 1.28. The summed E-state index contributed by atoms with van der Waals surface area (Å²) in [5, 5.41) is 11.6. The summed E-state index contributed by atoms with van der Waals surface area (Å²) in [7, 11) is 1.73. The summed E-state index contributed by atoms with van der Waals surface area (Å²) < 4.78 is 0. The van der Waals surface area contributed by atoms with Gasteiger partial charge in [0.15, 0.2) is 11.9 Å². The Morgan fingerprint density at radius 2 is 2.47 bits per heavy atom. The van der Waals surface area contributed by atoms with Crippen molar-refractivity contribution in [2.75, 3.05) is 19.5 Å². The second kappa shape index (κ2) is 5.00. The zero-order chi connectivity index (χ0) is 12.3. The molecule has 2 aliphatic heterocycles. The number of guanidine groups is 1. The first-order chi connectivity index (χ1) is 8.20. The van der Waals surface area contributed by atoms with Gasteiger partial charge in [0.1, 0.15) is 0 Å². The molecule has 0 aromatic rings. The number of fused-ring (bicyclic) bond motifs is 1. The number of nitrogens with zero attached hydrogens (tertiary/aromatic N) is 6. The molecule has 90 valence electrons. The van der Waals surface area contributed by atoms with Crippen LogP contribution in [0.3, 0.4) is 0 Å². The van der Waals surface area contributed by atoms with Crippen molar-refractivity contribution in [1.82, 2.24) is 10.3 Å². The predicted molar refractivity (Wildman–Crippen MR) is 63.5 cm³/mol. The van der Waals surface area contributed by atoms with E-state index in [0.29, 0.717) is 18.3 Å². The third-order valence-electron chi connectivity index (χ3n) is 2.05. The highest BCUT2D eigenvalue weighted by molar-refractivity contribution is 6.21. The van der Waals surface area contributed by atoms with E-state index in [9.17, 15) is 4.79 Å². The smallest absolute Gasteiger partial charge is 0.269 e. The van der Waals surface area contributed by atoms with Crippen molar-refractivity contribution < 1.29 is 4.79 Å². The molecule has 0 aromatic carbocycles. The van der Waals surface area contributed by atoms with Gasteiger partial charge in [0, 0.05) is 12.9 Å². The first-order valence-corrected chi connectivity index (χ1v) is 5.42. The minimum Gasteiger partial charge on any atom is -0.314 e. The van der Waals surface area contributed by atoms with Crippen LogP contribution in [0.2, 0.25) is 0 Å². The van der Waals surface area contributed by atoms with Crippen molar-refractivity contribution in [2.45, 2.75) is 6.04 Å². The lowest BCUT2D eigenvalue weighted by Crippen LogP contribution is -2.40. The molecule has 9 heteroatoms. The Bertz CT molecular complexity index is 441. The Hall–Kier alpha value is -1.83. The largest absolute Gasteiger partial charge is 0.314 e. The zero-order valence-electron chi connectivity index (χ0n) is 9.04. The van der Waals surface area contributed by atoms with Crippen LogP contribution < -0.4 is 5.32 Å². The van der Waals surface area contributed by atoms with Crippen LogP contribution in [0.4, 0.5) is 0 Å². The van der Waals surface area contributed by atoms with E-state index in [2.05, 4.69) is 30.6 Å². The fourth-order valence-corrected chi connectivity index (χ4v) is 1.46. The molecule has 1 N–H and O–H groups in total. The summed E-state index contributed by atoms with van der Waals surface area (Å²) in [6, 6.07) is -0.702. The van der Waals surface area contributed by atoms with Crippen molar-refractivity contribution in [3.05, 3.63) is 0 Å². The van der Waals surface area contributed by atoms with E-state index < -0.39 is 6.04 Å². The Morgan fingerprint density at radius 3 is 3.18 bits per heavy atom. The van der Waals surface area contributed by atoms with Gasteiger partial charge in [-0.05, 0) is 0 Å². The molecule has 0 aromatic heterocycles. The van der Waals surface area contributed by atoms with Gasteiger partial charge in [0.25, 0.3) is 11.9 Å². The molecule has 2 rings (SSSR count). The first-order valence-electron chi connectivity index (χ1n) is 4.89. The molecular weight excluding hydrogens is 246 g/mol. The maximum absolute atomic E-state index is 11.4. The summed E-state index contributed by atoms with van der Waals surface area (Å²) in [5.41, 5.74) is 0. The van der Waals surface area contributed by atoms with Gasteiger partial charge in [-0.3, -0.25) is 9.80 Å². The number of nitrogens with one attached hydrogen (secondary N) is 1. The van der Waals surface area contributed by atoms with Crippen LogP contribution in [0.25, 0.3) is 0 Å². The maximum atomic E-state index is 11.4. The van der Waals surface area contributed by atoms with E-state index in [-0.39, 0.29) is 11.9 Å². The summed E-state index contributed by atoms with van der Waals surface area (Å²) in [6.45, 7) is 0.566. The number of amides is 1. The van der Waals surface area contributed by atoms with E-state index in [0.717, 1.165) is 0 Å². The third kappa shape index (κ3) is 2.64. The maximum Gasteiger partial charge on any atom is 0.269 e. The summed E-state index contributed by atoms with van der Waals surface area (Å²) >= 11 is 5.54. The van der Waals surface area contributed by atoms with Crippen LogP contribution in [0.5, 0.6) is 0 Å². The van der Waals surface area contributed by atoms with Gasteiger partial charge in [-0.1, -0.05) is 10.3 Å². The average molecular weight is 256 g/mol. The van der Waals surface area contributed by atoms with E-state index in [4.69, 9.17) is 11.6 Å². The van der Waals surface area contributed by atoms with Crippen LogP contribution in [-0.4, -0.2) is 54.6 Å². The standard InChI is InChI=1S/C8H10ClN7O/c1-16(3-2-9)15-14-8-12-5-6(13-8)10-4-11-7(5)17/h4-5H,2-3H2,1H3,(H,10,11,12,13,17)/b15-14+. The van der Waals surface area contributed by atoms with Crippen LogP contribution >= 0.6 is 11.6 Å². The molecule has 0 bridgehead atoms. The zero-order valence-corrected chi connectivity index (χ0v) is 9.79. The fourth-order valence-electron chi connectivity index (χ4n) is 1.21. The molecule has 2 aliphatic rings. The Labute approximate surface area is 102 Å². The van der Waals surface area contributed by atoms with Gasteiger partial charge >= 0.3 is 0 Å². The minimum atomic E-state index is -0.702. The number of hydrogen-bond acceptors (Lipinski definition) is 6. The number of carbonyl (C=O) groups is 1. The third-order valence-corrected chi connectivity index (χ3v) is 2.22. The van der Waals surface area contributed by atoms with Crippen molar-refractivity contribution >= 4 is 35.6 Å². The molecule has 0 saturated heterocycles.